The molecule has 10 nitrogen and oxygen atoms in total. The van der Waals surface area contributed by atoms with E-state index < -0.39 is 5.60 Å². The number of rotatable bonds is 6. The van der Waals surface area contributed by atoms with Crippen LogP contribution in [0.5, 0.6) is 11.5 Å². The van der Waals surface area contributed by atoms with Crippen molar-refractivity contribution in [1.82, 2.24) is 24.4 Å². The fourth-order valence-electron chi connectivity index (χ4n) is 4.49. The fourth-order valence-corrected chi connectivity index (χ4v) is 4.49. The van der Waals surface area contributed by atoms with Crippen molar-refractivity contribution in [2.45, 2.75) is 32.9 Å². The van der Waals surface area contributed by atoms with Crippen LogP contribution in [0.4, 0.5) is 10.6 Å². The van der Waals surface area contributed by atoms with Gasteiger partial charge in [0.25, 0.3) is 0 Å². The molecule has 212 valence electrons. The lowest BCUT2D eigenvalue weighted by atomic mass is 10.2. The normalized spacial score (nSPS) is 13.5. The zero-order valence-corrected chi connectivity index (χ0v) is 23.8. The van der Waals surface area contributed by atoms with Crippen LogP contribution in [0.25, 0.3) is 11.2 Å². The second kappa shape index (κ2) is 12.2. The van der Waals surface area contributed by atoms with E-state index in [9.17, 15) is 4.79 Å². The predicted octanol–water partition coefficient (Wildman–Crippen LogP) is 4.37. The van der Waals surface area contributed by atoms with Gasteiger partial charge in [0.05, 0.1) is 13.7 Å². The lowest BCUT2D eigenvalue weighted by molar-refractivity contribution is 0.0240. The Morgan fingerprint density at radius 2 is 1.68 bits per heavy atom. The van der Waals surface area contributed by atoms with E-state index in [1.807, 2.05) is 79.9 Å². The second-order valence-corrected chi connectivity index (χ2v) is 10.6. The third-order valence-electron chi connectivity index (χ3n) is 6.50. The van der Waals surface area contributed by atoms with E-state index in [0.717, 1.165) is 22.9 Å². The molecule has 0 saturated carbocycles. The van der Waals surface area contributed by atoms with Gasteiger partial charge < -0.3 is 24.0 Å². The van der Waals surface area contributed by atoms with E-state index >= 15 is 0 Å². The molecule has 2 aromatic carbocycles. The SMILES string of the molecule is COc1ccc(Cn2c(C#CCOc3ccccc3)nc3c(N4CCN(C(=O)OC(C)(C)C)CC4)ncnc32)cc1. The van der Waals surface area contributed by atoms with Crippen molar-refractivity contribution in [2.24, 2.45) is 0 Å². The average Bonchev–Trinajstić information content (AvgIpc) is 3.32. The van der Waals surface area contributed by atoms with Crippen molar-refractivity contribution in [2.75, 3.05) is 44.8 Å². The van der Waals surface area contributed by atoms with Crippen molar-refractivity contribution < 1.29 is 19.0 Å². The summed E-state index contributed by atoms with van der Waals surface area (Å²) in [5.41, 5.74) is 1.88. The number of piperazine rings is 1. The van der Waals surface area contributed by atoms with E-state index in [2.05, 4.69) is 26.7 Å². The molecular formula is C31H34N6O4. The van der Waals surface area contributed by atoms with Gasteiger partial charge in [-0.3, -0.25) is 4.57 Å². The highest BCUT2D eigenvalue weighted by atomic mass is 16.6. The molecule has 1 aliphatic heterocycles. The number of hydrogen-bond donors (Lipinski definition) is 0. The molecule has 0 spiro atoms. The van der Waals surface area contributed by atoms with Crippen LogP contribution < -0.4 is 14.4 Å². The highest BCUT2D eigenvalue weighted by molar-refractivity contribution is 5.84. The Hall–Kier alpha value is -4.78. The minimum Gasteiger partial charge on any atom is -0.497 e. The molecule has 0 bridgehead atoms. The number of ether oxygens (including phenoxy) is 3. The molecule has 41 heavy (non-hydrogen) atoms. The number of fused-ring (bicyclic) bond motifs is 1. The third-order valence-corrected chi connectivity index (χ3v) is 6.50. The maximum Gasteiger partial charge on any atom is 0.410 e. The van der Waals surface area contributed by atoms with Gasteiger partial charge in [0, 0.05) is 26.2 Å². The molecule has 1 fully saturated rings. The second-order valence-electron chi connectivity index (χ2n) is 10.6. The van der Waals surface area contributed by atoms with E-state index in [1.54, 1.807) is 18.3 Å². The topological polar surface area (TPSA) is 94.8 Å². The number of carbonyl (C=O) groups excluding carboxylic acids is 1. The van der Waals surface area contributed by atoms with Crippen LogP contribution >= 0.6 is 0 Å². The van der Waals surface area contributed by atoms with E-state index in [0.29, 0.717) is 49.7 Å². The Morgan fingerprint density at radius 3 is 2.37 bits per heavy atom. The summed E-state index contributed by atoms with van der Waals surface area (Å²) in [6.07, 6.45) is 1.25. The standard InChI is InChI=1S/C31H34N6O4/c1-31(2,3)41-30(38)36-18-16-35(17-19-36)28-27-29(33-22-32-28)37(21-23-12-14-24(39-4)15-13-23)26(34-27)11-8-20-40-25-9-6-5-7-10-25/h5-7,9-10,12-15,22H,16-21H2,1-4H3. The van der Waals surface area contributed by atoms with E-state index in [4.69, 9.17) is 19.2 Å². The Bertz CT molecular complexity index is 1540. The number of anilines is 1. The van der Waals surface area contributed by atoms with Crippen LogP contribution in [0.15, 0.2) is 60.9 Å². The van der Waals surface area contributed by atoms with Crippen LogP contribution in [-0.2, 0) is 11.3 Å². The predicted molar refractivity (Wildman–Crippen MR) is 156 cm³/mol. The summed E-state index contributed by atoms with van der Waals surface area (Å²) in [6.45, 7) is 8.60. The van der Waals surface area contributed by atoms with Crippen LogP contribution in [-0.4, -0.2) is 76.0 Å². The maximum absolute atomic E-state index is 12.6. The van der Waals surface area contributed by atoms with Gasteiger partial charge >= 0.3 is 6.09 Å². The first-order chi connectivity index (χ1) is 19.8. The summed E-state index contributed by atoms with van der Waals surface area (Å²) in [5, 5.41) is 0. The quantitative estimate of drug-likeness (QED) is 0.325. The summed E-state index contributed by atoms with van der Waals surface area (Å²) in [6, 6.07) is 17.5. The van der Waals surface area contributed by atoms with Gasteiger partial charge in [-0.15, -0.1) is 0 Å². The molecule has 0 aliphatic carbocycles. The number of carbonyl (C=O) groups is 1. The molecule has 4 aromatic rings. The lowest BCUT2D eigenvalue weighted by Crippen LogP contribution is -2.50. The summed E-state index contributed by atoms with van der Waals surface area (Å²) in [5.74, 6) is 9.12. The first-order valence-electron chi connectivity index (χ1n) is 13.5. The molecular weight excluding hydrogens is 520 g/mol. The van der Waals surface area contributed by atoms with E-state index in [1.165, 1.54) is 0 Å². The number of aromatic nitrogens is 4. The largest absolute Gasteiger partial charge is 0.497 e. The first-order valence-corrected chi connectivity index (χ1v) is 13.5. The summed E-state index contributed by atoms with van der Waals surface area (Å²) in [7, 11) is 1.65. The van der Waals surface area contributed by atoms with Crippen molar-refractivity contribution in [3.63, 3.8) is 0 Å². The smallest absolute Gasteiger partial charge is 0.410 e. The van der Waals surface area contributed by atoms with Gasteiger partial charge in [0.2, 0.25) is 0 Å². The number of imidazole rings is 1. The molecule has 2 aromatic heterocycles. The Balaban J connectivity index is 1.41. The number of amides is 1. The lowest BCUT2D eigenvalue weighted by Gasteiger charge is -2.36. The molecule has 0 radical (unpaired) electrons. The average molecular weight is 555 g/mol. The molecule has 5 rings (SSSR count). The van der Waals surface area contributed by atoms with Crippen molar-refractivity contribution in [1.29, 1.82) is 0 Å². The third kappa shape index (κ3) is 6.87. The van der Waals surface area contributed by atoms with Gasteiger partial charge in [-0.25, -0.2) is 19.7 Å². The van der Waals surface area contributed by atoms with Crippen LogP contribution in [0.2, 0.25) is 0 Å². The molecule has 10 heteroatoms. The van der Waals surface area contributed by atoms with Crippen molar-refractivity contribution >= 4 is 23.1 Å². The number of methoxy groups -OCH3 is 1. The summed E-state index contributed by atoms with van der Waals surface area (Å²) < 4.78 is 18.6. The zero-order valence-electron chi connectivity index (χ0n) is 23.8. The highest BCUT2D eigenvalue weighted by Crippen LogP contribution is 2.26. The Morgan fingerprint density at radius 1 is 0.951 bits per heavy atom. The first kappa shape index (κ1) is 27.8. The van der Waals surface area contributed by atoms with Crippen molar-refractivity contribution in [3.05, 3.63) is 72.3 Å². The van der Waals surface area contributed by atoms with Gasteiger partial charge in [0.15, 0.2) is 22.8 Å². The van der Waals surface area contributed by atoms with Gasteiger partial charge in [0.1, 0.15) is 30.0 Å². The number of benzene rings is 2. The van der Waals surface area contributed by atoms with Gasteiger partial charge in [-0.1, -0.05) is 36.3 Å². The highest BCUT2D eigenvalue weighted by Gasteiger charge is 2.28. The molecule has 0 unspecified atom stereocenters. The zero-order chi connectivity index (χ0) is 28.8. The maximum atomic E-state index is 12.6. The minimum atomic E-state index is -0.534. The van der Waals surface area contributed by atoms with Crippen LogP contribution in [0.3, 0.4) is 0 Å². The Kier molecular flexibility index (Phi) is 8.24. The molecule has 3 heterocycles. The summed E-state index contributed by atoms with van der Waals surface area (Å²) in [4.78, 5) is 30.5. The molecule has 1 saturated heterocycles. The monoisotopic (exact) mass is 554 g/mol. The van der Waals surface area contributed by atoms with Gasteiger partial charge in [-0.2, -0.15) is 0 Å². The minimum absolute atomic E-state index is 0.223. The number of nitrogens with zero attached hydrogens (tertiary/aromatic N) is 6. The molecule has 0 atom stereocenters. The van der Waals surface area contributed by atoms with Gasteiger partial charge in [-0.05, 0) is 56.5 Å². The molecule has 1 aliphatic rings. The number of para-hydroxylation sites is 1. The number of hydrogen-bond acceptors (Lipinski definition) is 8. The molecule has 1 amide bonds. The Labute approximate surface area is 239 Å². The van der Waals surface area contributed by atoms with Crippen LogP contribution in [0.1, 0.15) is 32.2 Å². The van der Waals surface area contributed by atoms with Crippen molar-refractivity contribution in [3.8, 4) is 23.3 Å². The van der Waals surface area contributed by atoms with E-state index in [-0.39, 0.29) is 12.7 Å². The molecule has 0 N–H and O–H groups in total. The fraction of sp³-hybridized carbons (Fsp3) is 0.355. The van der Waals surface area contributed by atoms with Crippen LogP contribution in [0, 0.1) is 11.8 Å². The summed E-state index contributed by atoms with van der Waals surface area (Å²) >= 11 is 0.